The topological polar surface area (TPSA) is 65.7 Å². The number of methoxy groups -OCH3 is 1. The van der Waals surface area contributed by atoms with Gasteiger partial charge in [0.25, 0.3) is 0 Å². The molecular formula is C22H20O5. The first-order chi connectivity index (χ1) is 13.1. The summed E-state index contributed by atoms with van der Waals surface area (Å²) in [5.41, 5.74) is 2.40. The highest BCUT2D eigenvalue weighted by Crippen LogP contribution is 2.24. The van der Waals surface area contributed by atoms with E-state index >= 15 is 0 Å². The largest absolute Gasteiger partial charge is 0.423 e. The van der Waals surface area contributed by atoms with Crippen LogP contribution in [-0.4, -0.2) is 19.7 Å². The van der Waals surface area contributed by atoms with Crippen LogP contribution in [0, 0.1) is 0 Å². The molecule has 0 amide bonds. The van der Waals surface area contributed by atoms with Crippen molar-refractivity contribution >= 4 is 16.9 Å². The average molecular weight is 364 g/mol. The SMILES string of the molecule is C=CC(=O)Oc1ccc(-c2cc3ccc(CCCOC)cc3oc2=O)cc1. The third-order valence-corrected chi connectivity index (χ3v) is 4.16. The zero-order chi connectivity index (χ0) is 19.2. The Kier molecular flexibility index (Phi) is 5.84. The van der Waals surface area contributed by atoms with Crippen molar-refractivity contribution in [1.82, 2.24) is 0 Å². The molecule has 0 bridgehead atoms. The standard InChI is InChI=1S/C22H20O5/c1-3-21(23)26-18-10-8-16(9-11-18)19-14-17-7-6-15(5-4-12-25-2)13-20(17)27-22(19)24/h3,6-11,13-14H,1,4-5,12H2,2H3. The molecule has 0 aliphatic rings. The molecule has 138 valence electrons. The van der Waals surface area contributed by atoms with Crippen LogP contribution in [0.15, 0.2) is 70.4 Å². The summed E-state index contributed by atoms with van der Waals surface area (Å²) in [6, 6.07) is 14.4. The van der Waals surface area contributed by atoms with E-state index in [0.717, 1.165) is 29.9 Å². The fourth-order valence-electron chi connectivity index (χ4n) is 2.79. The van der Waals surface area contributed by atoms with E-state index < -0.39 is 11.6 Å². The quantitative estimate of drug-likeness (QED) is 0.207. The molecule has 3 aromatic rings. The monoisotopic (exact) mass is 364 g/mol. The highest BCUT2D eigenvalue weighted by atomic mass is 16.5. The Hall–Kier alpha value is -3.18. The maximum atomic E-state index is 12.4. The van der Waals surface area contributed by atoms with Gasteiger partial charge in [-0.05, 0) is 48.2 Å². The first-order valence-corrected chi connectivity index (χ1v) is 8.61. The molecule has 0 N–H and O–H groups in total. The van der Waals surface area contributed by atoms with Crippen molar-refractivity contribution < 1.29 is 18.7 Å². The third-order valence-electron chi connectivity index (χ3n) is 4.16. The van der Waals surface area contributed by atoms with Gasteiger partial charge in [-0.15, -0.1) is 0 Å². The lowest BCUT2D eigenvalue weighted by Gasteiger charge is -2.06. The number of rotatable bonds is 7. The molecular weight excluding hydrogens is 344 g/mol. The molecule has 2 aromatic carbocycles. The normalized spacial score (nSPS) is 10.7. The van der Waals surface area contributed by atoms with E-state index in [-0.39, 0.29) is 0 Å². The second-order valence-electron chi connectivity index (χ2n) is 6.07. The van der Waals surface area contributed by atoms with E-state index in [9.17, 15) is 9.59 Å². The molecule has 0 fully saturated rings. The summed E-state index contributed by atoms with van der Waals surface area (Å²) >= 11 is 0. The molecule has 0 saturated carbocycles. The van der Waals surface area contributed by atoms with E-state index in [4.69, 9.17) is 13.9 Å². The molecule has 3 rings (SSSR count). The van der Waals surface area contributed by atoms with Crippen molar-refractivity contribution in [3.63, 3.8) is 0 Å². The van der Waals surface area contributed by atoms with Crippen LogP contribution in [0.1, 0.15) is 12.0 Å². The summed E-state index contributed by atoms with van der Waals surface area (Å²) < 4.78 is 15.6. The Morgan fingerprint density at radius 1 is 1.15 bits per heavy atom. The molecule has 5 nitrogen and oxygen atoms in total. The summed E-state index contributed by atoms with van der Waals surface area (Å²) in [5.74, 6) is -0.149. The van der Waals surface area contributed by atoms with Gasteiger partial charge in [-0.3, -0.25) is 0 Å². The smallest absolute Gasteiger partial charge is 0.344 e. The summed E-state index contributed by atoms with van der Waals surface area (Å²) in [6.45, 7) is 4.05. The minimum atomic E-state index is -0.533. The van der Waals surface area contributed by atoms with E-state index in [1.165, 1.54) is 0 Å². The molecule has 1 heterocycles. The predicted octanol–water partition coefficient (Wildman–Crippen LogP) is 4.13. The van der Waals surface area contributed by atoms with Crippen LogP contribution in [0.4, 0.5) is 0 Å². The van der Waals surface area contributed by atoms with E-state index in [1.807, 2.05) is 24.3 Å². The molecule has 0 atom stereocenters. The Morgan fingerprint density at radius 2 is 1.93 bits per heavy atom. The minimum absolute atomic E-state index is 0.384. The number of hydrogen-bond donors (Lipinski definition) is 0. The molecule has 1 aromatic heterocycles. The highest BCUT2D eigenvalue weighted by Gasteiger charge is 2.09. The van der Waals surface area contributed by atoms with Gasteiger partial charge in [-0.1, -0.05) is 30.8 Å². The van der Waals surface area contributed by atoms with Gasteiger partial charge < -0.3 is 13.9 Å². The number of benzene rings is 2. The maximum absolute atomic E-state index is 12.4. The molecule has 5 heteroatoms. The number of carbonyl (C=O) groups is 1. The lowest BCUT2D eigenvalue weighted by atomic mass is 10.0. The zero-order valence-corrected chi connectivity index (χ0v) is 15.1. The fraction of sp³-hybridized carbons (Fsp3) is 0.182. The fourth-order valence-corrected chi connectivity index (χ4v) is 2.79. The Balaban J connectivity index is 1.87. The third kappa shape index (κ3) is 4.51. The second kappa shape index (κ2) is 8.47. The summed E-state index contributed by atoms with van der Waals surface area (Å²) in [7, 11) is 1.68. The molecule has 0 aliphatic heterocycles. The Bertz CT molecular complexity index is 1020. The summed E-state index contributed by atoms with van der Waals surface area (Å²) in [4.78, 5) is 23.7. The van der Waals surface area contributed by atoms with Gasteiger partial charge >= 0.3 is 11.6 Å². The molecule has 27 heavy (non-hydrogen) atoms. The van der Waals surface area contributed by atoms with Crippen molar-refractivity contribution in [2.24, 2.45) is 0 Å². The van der Waals surface area contributed by atoms with Gasteiger partial charge in [-0.25, -0.2) is 9.59 Å². The van der Waals surface area contributed by atoms with Gasteiger partial charge in [0.15, 0.2) is 0 Å². The van der Waals surface area contributed by atoms with Crippen molar-refractivity contribution in [3.8, 4) is 16.9 Å². The molecule has 0 aliphatic carbocycles. The number of hydrogen-bond acceptors (Lipinski definition) is 5. The lowest BCUT2D eigenvalue weighted by molar-refractivity contribution is -0.128. The van der Waals surface area contributed by atoms with Gasteiger partial charge in [0.1, 0.15) is 11.3 Å². The first kappa shape index (κ1) is 18.6. The number of ether oxygens (including phenoxy) is 2. The number of carbonyl (C=O) groups excluding carboxylic acids is 1. The van der Waals surface area contributed by atoms with Crippen LogP contribution in [0.2, 0.25) is 0 Å². The van der Waals surface area contributed by atoms with Crippen LogP contribution in [0.5, 0.6) is 5.75 Å². The van der Waals surface area contributed by atoms with Crippen LogP contribution >= 0.6 is 0 Å². The van der Waals surface area contributed by atoms with Gasteiger partial charge in [0.05, 0.1) is 5.56 Å². The van der Waals surface area contributed by atoms with Crippen molar-refractivity contribution in [2.45, 2.75) is 12.8 Å². The van der Waals surface area contributed by atoms with Crippen LogP contribution < -0.4 is 10.4 Å². The van der Waals surface area contributed by atoms with Crippen molar-refractivity contribution in [2.75, 3.05) is 13.7 Å². The molecule has 0 radical (unpaired) electrons. The van der Waals surface area contributed by atoms with Gasteiger partial charge in [0.2, 0.25) is 0 Å². The van der Waals surface area contributed by atoms with Gasteiger partial charge in [0, 0.05) is 25.2 Å². The first-order valence-electron chi connectivity index (χ1n) is 8.61. The second-order valence-corrected chi connectivity index (χ2v) is 6.07. The van der Waals surface area contributed by atoms with Crippen LogP contribution in [-0.2, 0) is 16.0 Å². The van der Waals surface area contributed by atoms with E-state index in [1.54, 1.807) is 31.4 Å². The average Bonchev–Trinajstić information content (AvgIpc) is 2.68. The zero-order valence-electron chi connectivity index (χ0n) is 15.1. The summed E-state index contributed by atoms with van der Waals surface area (Å²) in [6.07, 6.45) is 2.86. The Morgan fingerprint density at radius 3 is 2.63 bits per heavy atom. The van der Waals surface area contributed by atoms with Crippen molar-refractivity contribution in [3.05, 3.63) is 77.2 Å². The lowest BCUT2D eigenvalue weighted by Crippen LogP contribution is -2.04. The molecule has 0 unspecified atom stereocenters. The van der Waals surface area contributed by atoms with Crippen LogP contribution in [0.25, 0.3) is 22.1 Å². The van der Waals surface area contributed by atoms with E-state index in [0.29, 0.717) is 29.1 Å². The minimum Gasteiger partial charge on any atom is -0.423 e. The number of esters is 1. The molecule has 0 saturated heterocycles. The molecule has 0 spiro atoms. The van der Waals surface area contributed by atoms with Gasteiger partial charge in [-0.2, -0.15) is 0 Å². The number of aryl methyl sites for hydroxylation is 1. The maximum Gasteiger partial charge on any atom is 0.344 e. The predicted molar refractivity (Wildman–Crippen MR) is 104 cm³/mol. The Labute approximate surface area is 156 Å². The number of fused-ring (bicyclic) bond motifs is 1. The summed E-state index contributed by atoms with van der Waals surface area (Å²) in [5, 5.41) is 0.849. The highest BCUT2D eigenvalue weighted by molar-refractivity contribution is 5.84. The van der Waals surface area contributed by atoms with E-state index in [2.05, 4.69) is 6.58 Å². The van der Waals surface area contributed by atoms with Crippen molar-refractivity contribution in [1.29, 1.82) is 0 Å². The van der Waals surface area contributed by atoms with Crippen LogP contribution in [0.3, 0.4) is 0 Å².